The van der Waals surface area contributed by atoms with Gasteiger partial charge in [-0.3, -0.25) is 14.6 Å². The van der Waals surface area contributed by atoms with E-state index in [1.54, 1.807) is 31.2 Å². The summed E-state index contributed by atoms with van der Waals surface area (Å²) in [4.78, 5) is 33.4. The van der Waals surface area contributed by atoms with Crippen molar-refractivity contribution < 1.29 is 22.8 Å². The molecule has 0 aliphatic heterocycles. The zero-order valence-corrected chi connectivity index (χ0v) is 19.5. The first-order valence-corrected chi connectivity index (χ1v) is 11.3. The van der Waals surface area contributed by atoms with Crippen molar-refractivity contribution in [3.8, 4) is 0 Å². The van der Waals surface area contributed by atoms with Crippen LogP contribution in [0.3, 0.4) is 0 Å². The number of aromatic nitrogens is 2. The molecule has 1 fully saturated rings. The molecule has 2 aromatic heterocycles. The number of alkyl halides is 3. The number of pyridine rings is 2. The molecule has 35 heavy (non-hydrogen) atoms. The number of carbonyl (C=O) groups excluding carboxylic acids is 2. The molecule has 0 saturated heterocycles. The number of hydrogen-bond acceptors (Lipinski definition) is 5. The number of hydrogen-bond donors (Lipinski definition) is 2. The van der Waals surface area contributed by atoms with Gasteiger partial charge in [0.25, 0.3) is 0 Å². The van der Waals surface area contributed by atoms with Crippen LogP contribution in [0.5, 0.6) is 0 Å². The molecule has 1 aromatic carbocycles. The molecule has 2 N–H and O–H groups in total. The molecule has 3 aromatic rings. The lowest BCUT2D eigenvalue weighted by Crippen LogP contribution is -2.33. The van der Waals surface area contributed by atoms with Gasteiger partial charge in [0, 0.05) is 18.2 Å². The third kappa shape index (κ3) is 5.97. The van der Waals surface area contributed by atoms with E-state index < -0.39 is 17.2 Å². The first-order chi connectivity index (χ1) is 16.6. The van der Waals surface area contributed by atoms with Crippen LogP contribution >= 0.6 is 11.6 Å². The molecule has 0 spiro atoms. The number of benzene rings is 1. The van der Waals surface area contributed by atoms with Crippen molar-refractivity contribution in [3.63, 3.8) is 0 Å². The minimum atomic E-state index is -4.49. The van der Waals surface area contributed by atoms with Crippen molar-refractivity contribution in [2.75, 3.05) is 5.32 Å². The highest BCUT2D eigenvalue weighted by Crippen LogP contribution is 2.49. The highest BCUT2D eigenvalue weighted by Gasteiger charge is 2.51. The van der Waals surface area contributed by atoms with Crippen molar-refractivity contribution in [1.82, 2.24) is 15.3 Å². The minimum Gasteiger partial charge on any atom is -0.354 e. The average molecular weight is 503 g/mol. The molecule has 182 valence electrons. The summed E-state index contributed by atoms with van der Waals surface area (Å²) in [7, 11) is 0. The summed E-state index contributed by atoms with van der Waals surface area (Å²) in [6.45, 7) is 1.73. The number of aryl methyl sites for hydroxylation is 1. The number of carbonyl (C=O) groups is 2. The summed E-state index contributed by atoms with van der Waals surface area (Å²) in [5, 5.41) is 5.85. The van der Waals surface area contributed by atoms with E-state index in [0.29, 0.717) is 35.3 Å². The first-order valence-electron chi connectivity index (χ1n) is 10.9. The molecule has 1 amide bonds. The summed E-state index contributed by atoms with van der Waals surface area (Å²) in [5.74, 6) is -0.407. The van der Waals surface area contributed by atoms with E-state index in [4.69, 9.17) is 11.6 Å². The van der Waals surface area contributed by atoms with Gasteiger partial charge in [0.2, 0.25) is 5.91 Å². The van der Waals surface area contributed by atoms with Gasteiger partial charge in [0.15, 0.2) is 5.78 Å². The van der Waals surface area contributed by atoms with Crippen LogP contribution in [0.2, 0.25) is 5.15 Å². The van der Waals surface area contributed by atoms with E-state index in [0.717, 1.165) is 6.07 Å². The third-order valence-electron chi connectivity index (χ3n) is 5.90. The number of Topliss-reactive ketones (excluding diaryl/α,β-unsaturated/α-hetero) is 1. The predicted molar refractivity (Wildman–Crippen MR) is 125 cm³/mol. The van der Waals surface area contributed by atoms with Gasteiger partial charge in [-0.05, 0) is 56.2 Å². The van der Waals surface area contributed by atoms with E-state index in [1.165, 1.54) is 24.5 Å². The summed E-state index contributed by atoms with van der Waals surface area (Å²) in [5.41, 5.74) is 0.267. The molecule has 0 atom stereocenters. The highest BCUT2D eigenvalue weighted by molar-refractivity contribution is 6.29. The number of anilines is 2. The molecule has 4 rings (SSSR count). The van der Waals surface area contributed by atoms with E-state index >= 15 is 0 Å². The molecule has 0 radical (unpaired) electrons. The topological polar surface area (TPSA) is 84.0 Å². The molecular weight excluding hydrogens is 481 g/mol. The molecule has 10 heteroatoms. The van der Waals surface area contributed by atoms with Gasteiger partial charge in [0.05, 0.1) is 40.8 Å². The van der Waals surface area contributed by atoms with Crippen LogP contribution in [0.25, 0.3) is 0 Å². The molecular formula is C25H22ClF3N4O2. The largest absolute Gasteiger partial charge is 0.418 e. The van der Waals surface area contributed by atoms with Crippen molar-refractivity contribution in [2.24, 2.45) is 5.41 Å². The maximum atomic E-state index is 13.3. The Labute approximate surface area is 204 Å². The van der Waals surface area contributed by atoms with Gasteiger partial charge in [-0.1, -0.05) is 23.2 Å². The first kappa shape index (κ1) is 24.7. The number of nitrogens with one attached hydrogen (secondary N) is 2. The Morgan fingerprint density at radius 3 is 2.43 bits per heavy atom. The van der Waals surface area contributed by atoms with Gasteiger partial charge in [-0.25, -0.2) is 4.98 Å². The average Bonchev–Trinajstić information content (AvgIpc) is 3.60. The Morgan fingerprint density at radius 2 is 1.83 bits per heavy atom. The van der Waals surface area contributed by atoms with Crippen LogP contribution < -0.4 is 10.6 Å². The van der Waals surface area contributed by atoms with E-state index in [-0.39, 0.29) is 35.5 Å². The highest BCUT2D eigenvalue weighted by atomic mass is 35.5. The molecule has 2 heterocycles. The maximum Gasteiger partial charge on any atom is 0.418 e. The van der Waals surface area contributed by atoms with Crippen molar-refractivity contribution >= 4 is 34.7 Å². The summed E-state index contributed by atoms with van der Waals surface area (Å²) < 4.78 is 40.0. The Balaban J connectivity index is 1.34. The fourth-order valence-electron chi connectivity index (χ4n) is 3.70. The zero-order chi connectivity index (χ0) is 25.2. The van der Waals surface area contributed by atoms with E-state index in [1.807, 2.05) is 0 Å². The lowest BCUT2D eigenvalue weighted by Gasteiger charge is -2.16. The third-order valence-corrected chi connectivity index (χ3v) is 6.12. The van der Waals surface area contributed by atoms with Crippen LogP contribution in [0.1, 0.15) is 46.4 Å². The zero-order valence-electron chi connectivity index (χ0n) is 18.7. The standard InChI is InChI=1S/C25H22ClF3N4O2/c1-15-2-6-20(19(10-15)25(27,28)29)33-18-5-4-17(30-14-18)13-32-23(35)24(8-9-24)11-21(34)16-3-7-22(26)31-12-16/h2-7,10,12,14,33H,8-9,11,13H2,1H3,(H,32,35). The van der Waals surface area contributed by atoms with E-state index in [2.05, 4.69) is 20.6 Å². The number of rotatable bonds is 8. The van der Waals surface area contributed by atoms with Crippen LogP contribution in [-0.4, -0.2) is 21.7 Å². The molecule has 0 bridgehead atoms. The smallest absolute Gasteiger partial charge is 0.354 e. The summed E-state index contributed by atoms with van der Waals surface area (Å²) >= 11 is 5.75. The van der Waals surface area contributed by atoms with Crippen LogP contribution in [-0.2, 0) is 17.5 Å². The van der Waals surface area contributed by atoms with E-state index in [9.17, 15) is 22.8 Å². The fraction of sp³-hybridized carbons (Fsp3) is 0.280. The summed E-state index contributed by atoms with van der Waals surface area (Å²) in [6.07, 6.45) is -0.384. The second-order valence-corrected chi connectivity index (χ2v) is 9.03. The Morgan fingerprint density at radius 1 is 1.06 bits per heavy atom. The molecule has 1 aliphatic carbocycles. The molecule has 1 saturated carbocycles. The fourth-order valence-corrected chi connectivity index (χ4v) is 3.82. The quantitative estimate of drug-likeness (QED) is 0.297. The monoisotopic (exact) mass is 502 g/mol. The second-order valence-electron chi connectivity index (χ2n) is 8.64. The van der Waals surface area contributed by atoms with Gasteiger partial charge >= 0.3 is 6.18 Å². The lowest BCUT2D eigenvalue weighted by molar-refractivity contribution is -0.137. The number of ketones is 1. The molecule has 6 nitrogen and oxygen atoms in total. The van der Waals surface area contributed by atoms with Gasteiger partial charge in [0.1, 0.15) is 5.15 Å². The lowest BCUT2D eigenvalue weighted by atomic mass is 9.95. The Kier molecular flexibility index (Phi) is 6.80. The maximum absolute atomic E-state index is 13.3. The van der Waals surface area contributed by atoms with Crippen molar-refractivity contribution in [1.29, 1.82) is 0 Å². The van der Waals surface area contributed by atoms with Crippen LogP contribution in [0.4, 0.5) is 24.5 Å². The number of halogens is 4. The van der Waals surface area contributed by atoms with Gasteiger partial charge < -0.3 is 10.6 Å². The van der Waals surface area contributed by atoms with Crippen LogP contribution in [0.15, 0.2) is 54.9 Å². The summed E-state index contributed by atoms with van der Waals surface area (Å²) in [6, 6.07) is 10.4. The van der Waals surface area contributed by atoms with Gasteiger partial charge in [-0.15, -0.1) is 0 Å². The number of nitrogens with zero attached hydrogens (tertiary/aromatic N) is 2. The van der Waals surface area contributed by atoms with Crippen molar-refractivity contribution in [2.45, 2.75) is 38.9 Å². The van der Waals surface area contributed by atoms with Gasteiger partial charge in [-0.2, -0.15) is 13.2 Å². The number of amides is 1. The minimum absolute atomic E-state index is 0.0674. The molecule has 1 aliphatic rings. The molecule has 0 unspecified atom stereocenters. The SMILES string of the molecule is Cc1ccc(Nc2ccc(CNC(=O)C3(CC(=O)c4ccc(Cl)nc4)CC3)nc2)c(C(F)(F)F)c1. The Bertz CT molecular complexity index is 1240. The van der Waals surface area contributed by atoms with Crippen LogP contribution in [0, 0.1) is 12.3 Å². The second kappa shape index (κ2) is 9.65. The van der Waals surface area contributed by atoms with Crippen molar-refractivity contribution in [3.05, 3.63) is 82.4 Å². The predicted octanol–water partition coefficient (Wildman–Crippen LogP) is 5.87. The Hall–Kier alpha value is -3.46. The normalized spacial score (nSPS) is 14.3.